The van der Waals surface area contributed by atoms with E-state index in [-0.39, 0.29) is 30.2 Å². The summed E-state index contributed by atoms with van der Waals surface area (Å²) in [5.41, 5.74) is -0.314. The zero-order valence-corrected chi connectivity index (χ0v) is 12.0. The van der Waals surface area contributed by atoms with Crippen molar-refractivity contribution in [3.63, 3.8) is 0 Å². The van der Waals surface area contributed by atoms with Gasteiger partial charge in [0.25, 0.3) is 0 Å². The van der Waals surface area contributed by atoms with Crippen molar-refractivity contribution in [2.75, 3.05) is 19.7 Å². The third kappa shape index (κ3) is 3.76. The van der Waals surface area contributed by atoms with Gasteiger partial charge in [0, 0.05) is 13.1 Å². The van der Waals surface area contributed by atoms with Crippen LogP contribution in [0.25, 0.3) is 0 Å². The number of sulfonamides is 1. The number of rotatable bonds is 7. The van der Waals surface area contributed by atoms with E-state index >= 15 is 0 Å². The van der Waals surface area contributed by atoms with Gasteiger partial charge in [0.1, 0.15) is 11.9 Å². The van der Waals surface area contributed by atoms with E-state index in [1.807, 2.05) is 6.92 Å². The minimum atomic E-state index is -3.83. The van der Waals surface area contributed by atoms with Gasteiger partial charge in [-0.05, 0) is 24.6 Å². The van der Waals surface area contributed by atoms with Crippen LogP contribution in [0.5, 0.6) is 0 Å². The first-order valence-corrected chi connectivity index (χ1v) is 7.72. The summed E-state index contributed by atoms with van der Waals surface area (Å²) < 4.78 is 39.2. The lowest BCUT2D eigenvalue weighted by Crippen LogP contribution is -2.34. The van der Waals surface area contributed by atoms with Gasteiger partial charge in [0.05, 0.1) is 17.1 Å². The van der Waals surface area contributed by atoms with Crippen molar-refractivity contribution in [3.8, 4) is 6.07 Å². The monoisotopic (exact) mass is 300 g/mol. The third-order valence-electron chi connectivity index (χ3n) is 2.81. The molecule has 0 saturated heterocycles. The van der Waals surface area contributed by atoms with Crippen molar-refractivity contribution in [2.24, 2.45) is 0 Å². The molecule has 0 heterocycles. The van der Waals surface area contributed by atoms with Crippen LogP contribution in [0.3, 0.4) is 0 Å². The number of nitrogens with zero attached hydrogens (tertiary/aromatic N) is 2. The topological polar surface area (TPSA) is 81.4 Å². The maximum atomic E-state index is 13.2. The second kappa shape index (κ2) is 7.33. The second-order valence-electron chi connectivity index (χ2n) is 4.23. The Morgan fingerprint density at radius 3 is 2.65 bits per heavy atom. The van der Waals surface area contributed by atoms with Crippen LogP contribution in [0.1, 0.15) is 25.3 Å². The first kappa shape index (κ1) is 16.6. The summed E-state index contributed by atoms with van der Waals surface area (Å²) in [4.78, 5) is -0.139. The van der Waals surface area contributed by atoms with Gasteiger partial charge in [0.2, 0.25) is 10.0 Å². The summed E-state index contributed by atoms with van der Waals surface area (Å²) in [6, 6.07) is 4.72. The Balaban J connectivity index is 3.15. The molecule has 0 bridgehead atoms. The molecular formula is C13H17FN2O3S. The number of aliphatic hydroxyl groups excluding tert-OH is 1. The first-order chi connectivity index (χ1) is 9.47. The van der Waals surface area contributed by atoms with Crippen LogP contribution < -0.4 is 0 Å². The highest BCUT2D eigenvalue weighted by Crippen LogP contribution is 2.19. The molecule has 110 valence electrons. The first-order valence-electron chi connectivity index (χ1n) is 6.28. The molecule has 0 spiro atoms. The third-order valence-corrected chi connectivity index (χ3v) is 4.70. The molecule has 0 fully saturated rings. The molecule has 0 radical (unpaired) electrons. The molecule has 0 aliphatic carbocycles. The molecule has 1 aromatic carbocycles. The van der Waals surface area contributed by atoms with Crippen LogP contribution in [0.15, 0.2) is 23.1 Å². The highest BCUT2D eigenvalue weighted by Gasteiger charge is 2.24. The summed E-state index contributed by atoms with van der Waals surface area (Å²) in [5.74, 6) is -0.756. The molecule has 5 nitrogen and oxygen atoms in total. The SMILES string of the molecule is CCCCN(CCO)S(=O)(=O)c1ccc(F)c(C#N)c1. The molecule has 0 saturated carbocycles. The van der Waals surface area contributed by atoms with Crippen LogP contribution >= 0.6 is 0 Å². The zero-order chi connectivity index (χ0) is 15.2. The quantitative estimate of drug-likeness (QED) is 0.827. The van der Waals surface area contributed by atoms with E-state index in [1.54, 1.807) is 6.07 Å². The largest absolute Gasteiger partial charge is 0.395 e. The molecule has 20 heavy (non-hydrogen) atoms. The van der Waals surface area contributed by atoms with Crippen molar-refractivity contribution in [3.05, 3.63) is 29.6 Å². The molecule has 0 aliphatic rings. The van der Waals surface area contributed by atoms with E-state index in [4.69, 9.17) is 10.4 Å². The number of hydrogen-bond acceptors (Lipinski definition) is 4. The summed E-state index contributed by atoms with van der Waals surface area (Å²) in [5, 5.41) is 17.7. The van der Waals surface area contributed by atoms with Gasteiger partial charge >= 0.3 is 0 Å². The van der Waals surface area contributed by atoms with E-state index in [0.717, 1.165) is 28.9 Å². The summed E-state index contributed by atoms with van der Waals surface area (Å²) in [7, 11) is -3.83. The highest BCUT2D eigenvalue weighted by molar-refractivity contribution is 7.89. The van der Waals surface area contributed by atoms with Crippen molar-refractivity contribution in [1.29, 1.82) is 5.26 Å². The lowest BCUT2D eigenvalue weighted by atomic mass is 10.2. The van der Waals surface area contributed by atoms with Gasteiger partial charge in [-0.1, -0.05) is 13.3 Å². The molecule has 0 atom stereocenters. The van der Waals surface area contributed by atoms with Crippen LogP contribution in [-0.2, 0) is 10.0 Å². The Morgan fingerprint density at radius 2 is 2.10 bits per heavy atom. The lowest BCUT2D eigenvalue weighted by molar-refractivity contribution is 0.252. The zero-order valence-electron chi connectivity index (χ0n) is 11.2. The maximum absolute atomic E-state index is 13.2. The number of halogens is 1. The summed E-state index contributed by atoms with van der Waals surface area (Å²) in [6.45, 7) is 1.88. The highest BCUT2D eigenvalue weighted by atomic mass is 32.2. The van der Waals surface area contributed by atoms with Gasteiger partial charge in [-0.2, -0.15) is 9.57 Å². The van der Waals surface area contributed by atoms with Crippen molar-refractivity contribution in [1.82, 2.24) is 4.31 Å². The molecule has 0 aromatic heterocycles. The number of nitriles is 1. The predicted octanol–water partition coefficient (Wildman–Crippen LogP) is 1.48. The van der Waals surface area contributed by atoms with Crippen LogP contribution in [-0.4, -0.2) is 37.5 Å². The smallest absolute Gasteiger partial charge is 0.243 e. The van der Waals surface area contributed by atoms with Gasteiger partial charge in [-0.25, -0.2) is 12.8 Å². The van der Waals surface area contributed by atoms with Gasteiger partial charge in [-0.3, -0.25) is 0 Å². The molecular weight excluding hydrogens is 283 g/mol. The van der Waals surface area contributed by atoms with Crippen molar-refractivity contribution < 1.29 is 17.9 Å². The Labute approximate surface area is 118 Å². The van der Waals surface area contributed by atoms with Crippen LogP contribution in [0.2, 0.25) is 0 Å². The van der Waals surface area contributed by atoms with E-state index in [9.17, 15) is 12.8 Å². The predicted molar refractivity (Wildman–Crippen MR) is 71.9 cm³/mol. The Kier molecular flexibility index (Phi) is 6.07. The average molecular weight is 300 g/mol. The fraction of sp³-hybridized carbons (Fsp3) is 0.462. The molecule has 1 aromatic rings. The molecule has 0 unspecified atom stereocenters. The van der Waals surface area contributed by atoms with Crippen LogP contribution in [0, 0.1) is 17.1 Å². The van der Waals surface area contributed by atoms with E-state index in [1.165, 1.54) is 0 Å². The van der Waals surface area contributed by atoms with Crippen molar-refractivity contribution in [2.45, 2.75) is 24.7 Å². The minimum absolute atomic E-state index is 0.0262. The minimum Gasteiger partial charge on any atom is -0.395 e. The van der Waals surface area contributed by atoms with E-state index < -0.39 is 15.8 Å². The Morgan fingerprint density at radius 1 is 1.40 bits per heavy atom. The number of aliphatic hydroxyl groups is 1. The van der Waals surface area contributed by atoms with Crippen molar-refractivity contribution >= 4 is 10.0 Å². The standard InChI is InChI=1S/C13H17FN2O3S/c1-2-3-6-16(7-8-17)20(18,19)12-4-5-13(14)11(9-12)10-15/h4-5,9,17H,2-3,6-8H2,1H3. The molecule has 1 N–H and O–H groups in total. The van der Waals surface area contributed by atoms with Gasteiger partial charge in [-0.15, -0.1) is 0 Å². The van der Waals surface area contributed by atoms with E-state index in [2.05, 4.69) is 0 Å². The molecule has 0 amide bonds. The number of hydrogen-bond donors (Lipinski definition) is 1. The molecule has 7 heteroatoms. The lowest BCUT2D eigenvalue weighted by Gasteiger charge is -2.21. The summed E-state index contributed by atoms with van der Waals surface area (Å²) >= 11 is 0. The fourth-order valence-electron chi connectivity index (χ4n) is 1.70. The fourth-order valence-corrected chi connectivity index (χ4v) is 3.19. The van der Waals surface area contributed by atoms with E-state index in [0.29, 0.717) is 6.42 Å². The van der Waals surface area contributed by atoms with Gasteiger partial charge in [0.15, 0.2) is 0 Å². The molecule has 0 aliphatic heterocycles. The Bertz CT molecular complexity index is 596. The van der Waals surface area contributed by atoms with Crippen LogP contribution in [0.4, 0.5) is 4.39 Å². The molecule has 1 rings (SSSR count). The second-order valence-corrected chi connectivity index (χ2v) is 6.17. The normalized spacial score (nSPS) is 11.6. The van der Waals surface area contributed by atoms with Gasteiger partial charge < -0.3 is 5.11 Å². The number of unbranched alkanes of at least 4 members (excludes halogenated alkanes) is 1. The summed E-state index contributed by atoms with van der Waals surface area (Å²) in [6.07, 6.45) is 1.47. The average Bonchev–Trinajstić information content (AvgIpc) is 2.43. The number of benzene rings is 1. The maximum Gasteiger partial charge on any atom is 0.243 e. The Hall–Kier alpha value is -1.49.